The summed E-state index contributed by atoms with van der Waals surface area (Å²) < 4.78 is 9.23. The molecule has 0 aliphatic rings. The average Bonchev–Trinajstić information content (AvgIpc) is 3.84. The molecule has 3 heterocycles. The summed E-state index contributed by atoms with van der Waals surface area (Å²) in [6.07, 6.45) is 0. The molecule has 0 fully saturated rings. The van der Waals surface area contributed by atoms with Crippen molar-refractivity contribution in [1.29, 1.82) is 0 Å². The van der Waals surface area contributed by atoms with E-state index < -0.39 is 0 Å². The quantitative estimate of drug-likeness (QED) is 0.176. The van der Waals surface area contributed by atoms with Crippen LogP contribution in [0.1, 0.15) is 0 Å². The number of benzene rings is 9. The Hall–Kier alpha value is -7.89. The van der Waals surface area contributed by atoms with Gasteiger partial charge in [-0.2, -0.15) is 0 Å². The molecule has 0 spiro atoms. The van der Waals surface area contributed by atoms with Gasteiger partial charge in [-0.1, -0.05) is 146 Å². The van der Waals surface area contributed by atoms with E-state index in [1.807, 2.05) is 0 Å². The SMILES string of the molecule is c1ccc(-c2ccc3c(c2)c2ccccc2n3-c2cccc3c2oc2cc(-c4nc(-c5ccc6ccccc6c5)nc(-c5ccc6ccccc6c5)n4)ccc23)cc1. The highest BCUT2D eigenvalue weighted by molar-refractivity contribution is 6.13. The van der Waals surface area contributed by atoms with Crippen molar-refractivity contribution < 1.29 is 4.42 Å². The van der Waals surface area contributed by atoms with Gasteiger partial charge in [-0.15, -0.1) is 0 Å². The van der Waals surface area contributed by atoms with Gasteiger partial charge in [0.1, 0.15) is 5.58 Å². The zero-order valence-corrected chi connectivity index (χ0v) is 31.2. The van der Waals surface area contributed by atoms with Crippen molar-refractivity contribution in [2.45, 2.75) is 0 Å². The molecule has 0 N–H and O–H groups in total. The van der Waals surface area contributed by atoms with Gasteiger partial charge in [0.15, 0.2) is 23.1 Å². The Kier molecular flexibility index (Phi) is 7.16. The Bertz CT molecular complexity index is 3480. The molecule has 12 rings (SSSR count). The number of hydrogen-bond donors (Lipinski definition) is 0. The summed E-state index contributed by atoms with van der Waals surface area (Å²) in [5.41, 5.74) is 9.95. The third-order valence-corrected chi connectivity index (χ3v) is 11.4. The fraction of sp³-hybridized carbons (Fsp3) is 0. The number of para-hydroxylation sites is 2. The molecule has 5 nitrogen and oxygen atoms in total. The van der Waals surface area contributed by atoms with Gasteiger partial charge in [0.05, 0.1) is 16.7 Å². The van der Waals surface area contributed by atoms with Crippen LogP contribution in [0.25, 0.3) is 116 Å². The van der Waals surface area contributed by atoms with Crippen LogP contribution in [0.15, 0.2) is 199 Å². The van der Waals surface area contributed by atoms with E-state index >= 15 is 0 Å². The average molecular weight is 741 g/mol. The third kappa shape index (κ3) is 5.21. The van der Waals surface area contributed by atoms with Crippen molar-refractivity contribution in [2.24, 2.45) is 0 Å². The van der Waals surface area contributed by atoms with E-state index in [2.05, 4.69) is 199 Å². The number of fused-ring (bicyclic) bond motifs is 8. The molecule has 0 saturated heterocycles. The highest BCUT2D eigenvalue weighted by Crippen LogP contribution is 2.40. The van der Waals surface area contributed by atoms with E-state index in [-0.39, 0.29) is 0 Å². The van der Waals surface area contributed by atoms with Crippen molar-refractivity contribution in [3.05, 3.63) is 194 Å². The summed E-state index contributed by atoms with van der Waals surface area (Å²) in [7, 11) is 0. The number of aromatic nitrogens is 4. The van der Waals surface area contributed by atoms with Crippen molar-refractivity contribution in [2.75, 3.05) is 0 Å². The summed E-state index contributed by atoms with van der Waals surface area (Å²) in [5, 5.41) is 9.09. The van der Waals surface area contributed by atoms with Gasteiger partial charge >= 0.3 is 0 Å². The molecule has 0 unspecified atom stereocenters. The first-order valence-electron chi connectivity index (χ1n) is 19.5. The minimum absolute atomic E-state index is 0.584. The Morgan fingerprint density at radius 2 is 0.879 bits per heavy atom. The van der Waals surface area contributed by atoms with E-state index in [9.17, 15) is 0 Å². The van der Waals surface area contributed by atoms with Crippen LogP contribution in [-0.4, -0.2) is 19.5 Å². The monoisotopic (exact) mass is 740 g/mol. The fourth-order valence-electron chi connectivity index (χ4n) is 8.56. The Balaban J connectivity index is 1.03. The molecule has 5 heteroatoms. The minimum atomic E-state index is 0.584. The van der Waals surface area contributed by atoms with Crippen molar-refractivity contribution in [3.63, 3.8) is 0 Å². The molecule has 58 heavy (non-hydrogen) atoms. The molecular weight excluding hydrogens is 709 g/mol. The Morgan fingerprint density at radius 3 is 1.59 bits per heavy atom. The zero-order valence-electron chi connectivity index (χ0n) is 31.2. The maximum absolute atomic E-state index is 6.89. The molecule has 0 atom stereocenters. The highest BCUT2D eigenvalue weighted by Gasteiger charge is 2.20. The van der Waals surface area contributed by atoms with Crippen LogP contribution in [0.3, 0.4) is 0 Å². The molecule has 0 saturated carbocycles. The summed E-state index contributed by atoms with van der Waals surface area (Å²) in [6.45, 7) is 0. The fourth-order valence-corrected chi connectivity index (χ4v) is 8.56. The van der Waals surface area contributed by atoms with Gasteiger partial charge in [-0.05, 0) is 81.2 Å². The molecule has 0 amide bonds. The predicted molar refractivity (Wildman–Crippen MR) is 238 cm³/mol. The predicted octanol–water partition coefficient (Wildman–Crippen LogP) is 13.8. The first-order chi connectivity index (χ1) is 28.7. The van der Waals surface area contributed by atoms with E-state index in [4.69, 9.17) is 19.4 Å². The smallest absolute Gasteiger partial charge is 0.164 e. The second-order valence-corrected chi connectivity index (χ2v) is 14.8. The lowest BCUT2D eigenvalue weighted by atomic mass is 10.0. The number of furan rings is 1. The topological polar surface area (TPSA) is 56.7 Å². The Morgan fingerprint density at radius 1 is 0.328 bits per heavy atom. The van der Waals surface area contributed by atoms with Crippen molar-refractivity contribution in [1.82, 2.24) is 19.5 Å². The van der Waals surface area contributed by atoms with E-state index in [1.54, 1.807) is 0 Å². The molecule has 9 aromatic carbocycles. The van der Waals surface area contributed by atoms with Crippen LogP contribution in [0.4, 0.5) is 0 Å². The molecule has 3 aromatic heterocycles. The lowest BCUT2D eigenvalue weighted by Crippen LogP contribution is -2.00. The van der Waals surface area contributed by atoms with Crippen LogP contribution < -0.4 is 0 Å². The first-order valence-corrected chi connectivity index (χ1v) is 19.5. The normalized spacial score (nSPS) is 11.8. The standard InChI is InChI=1S/C53H32N4O/c1-2-11-33(12-3-1)38-26-28-47-45(31-38)42-17-8-9-19-46(42)57(47)48-20-10-18-44-43-27-25-41(32-49(43)58-50(44)48)53-55-51(39-23-21-34-13-4-6-15-36(34)29-39)54-52(56-53)40-24-22-35-14-5-7-16-37(35)30-40/h1-32H. The largest absolute Gasteiger partial charge is 0.454 e. The molecular formula is C53H32N4O. The van der Waals surface area contributed by atoms with Gasteiger partial charge in [0, 0.05) is 38.2 Å². The van der Waals surface area contributed by atoms with Gasteiger partial charge in [-0.25, -0.2) is 15.0 Å². The van der Waals surface area contributed by atoms with Crippen molar-refractivity contribution >= 4 is 65.3 Å². The summed E-state index contributed by atoms with van der Waals surface area (Å²) in [5.74, 6) is 1.82. The zero-order chi connectivity index (χ0) is 38.2. The highest BCUT2D eigenvalue weighted by atomic mass is 16.3. The number of hydrogen-bond acceptors (Lipinski definition) is 4. The first kappa shape index (κ1) is 32.4. The van der Waals surface area contributed by atoms with Gasteiger partial charge in [0.2, 0.25) is 0 Å². The summed E-state index contributed by atoms with van der Waals surface area (Å²) in [4.78, 5) is 15.3. The number of nitrogens with zero attached hydrogens (tertiary/aromatic N) is 4. The van der Waals surface area contributed by atoms with Crippen LogP contribution >= 0.6 is 0 Å². The minimum Gasteiger partial charge on any atom is -0.454 e. The van der Waals surface area contributed by atoms with E-state index in [1.165, 1.54) is 32.7 Å². The van der Waals surface area contributed by atoms with Gasteiger partial charge in [0.25, 0.3) is 0 Å². The molecule has 270 valence electrons. The van der Waals surface area contributed by atoms with E-state index in [0.717, 1.165) is 66.1 Å². The van der Waals surface area contributed by atoms with Crippen LogP contribution in [-0.2, 0) is 0 Å². The van der Waals surface area contributed by atoms with Gasteiger partial charge in [-0.3, -0.25) is 0 Å². The summed E-state index contributed by atoms with van der Waals surface area (Å²) >= 11 is 0. The lowest BCUT2D eigenvalue weighted by molar-refractivity contribution is 0.666. The van der Waals surface area contributed by atoms with Crippen molar-refractivity contribution in [3.8, 4) is 51.0 Å². The maximum Gasteiger partial charge on any atom is 0.164 e. The summed E-state index contributed by atoms with van der Waals surface area (Å²) in [6, 6.07) is 68.1. The van der Waals surface area contributed by atoms with Crippen LogP contribution in [0.5, 0.6) is 0 Å². The lowest BCUT2D eigenvalue weighted by Gasteiger charge is -2.10. The molecule has 0 aliphatic heterocycles. The van der Waals surface area contributed by atoms with Crippen LogP contribution in [0.2, 0.25) is 0 Å². The Labute approximate surface area is 333 Å². The third-order valence-electron chi connectivity index (χ3n) is 11.4. The molecule has 12 aromatic rings. The molecule has 0 bridgehead atoms. The second kappa shape index (κ2) is 12.8. The number of rotatable bonds is 5. The van der Waals surface area contributed by atoms with Crippen LogP contribution in [0, 0.1) is 0 Å². The molecule has 0 aliphatic carbocycles. The molecule has 0 radical (unpaired) electrons. The van der Waals surface area contributed by atoms with Gasteiger partial charge < -0.3 is 8.98 Å². The second-order valence-electron chi connectivity index (χ2n) is 14.8. The van der Waals surface area contributed by atoms with E-state index in [0.29, 0.717) is 17.5 Å². The maximum atomic E-state index is 6.89.